The molecule has 5 aromatic rings. The molecule has 0 N–H and O–H groups in total. The molecule has 0 nitrogen and oxygen atoms in total. The monoisotopic (exact) mass is 618 g/mol. The summed E-state index contributed by atoms with van der Waals surface area (Å²) in [6.45, 7) is 24.6. The first kappa shape index (κ1) is 35.4. The Morgan fingerprint density at radius 1 is 0.447 bits per heavy atom. The van der Waals surface area contributed by atoms with Gasteiger partial charge in [0.2, 0.25) is 0 Å². The summed E-state index contributed by atoms with van der Waals surface area (Å²) in [5.41, 5.74) is 17.2. The molecule has 2 atom stereocenters. The van der Waals surface area contributed by atoms with Gasteiger partial charge in [-0.1, -0.05) is 165 Å². The lowest BCUT2D eigenvalue weighted by atomic mass is 9.73. The number of benzene rings is 5. The van der Waals surface area contributed by atoms with Crippen LogP contribution in [-0.2, 0) is 5.41 Å². The van der Waals surface area contributed by atoms with Gasteiger partial charge in [0.05, 0.1) is 0 Å². The SMILES string of the molecule is C=CCC1(CC=C)c2ccccc2-c2ccccc21.CC.CC.CC.CC1c2ccccc2-c2cc3c(cc21)-c1ccccc1C3C. The van der Waals surface area contributed by atoms with Crippen molar-refractivity contribution in [2.24, 2.45) is 0 Å². The quantitative estimate of drug-likeness (QED) is 0.176. The third-order valence-corrected chi connectivity index (χ3v) is 9.75. The standard InChI is InChI=1S/C22H18.C19H18.3C2H6/c1-13-15-7-3-5-9-17(15)21-12-20-14(2)16-8-4-6-10-18(16)22(20)11-19(13)21;1-3-13-19(14-4-2)17-11-7-5-9-15(17)16-10-6-8-12-18(16)19;3*1-2/h3-14H,1-2H3;3-12H,1-2,13-14H2;3*1-2H3. The number of hydrogen-bond donors (Lipinski definition) is 0. The summed E-state index contributed by atoms with van der Waals surface area (Å²) in [5, 5.41) is 0. The molecule has 0 bridgehead atoms. The predicted octanol–water partition coefficient (Wildman–Crippen LogP) is 14.1. The highest BCUT2D eigenvalue weighted by Gasteiger charge is 2.40. The largest absolute Gasteiger partial charge is 0.103 e. The van der Waals surface area contributed by atoms with Crippen LogP contribution in [0, 0.1) is 0 Å². The molecule has 0 aromatic heterocycles. The molecular formula is C47H54. The van der Waals surface area contributed by atoms with Crippen molar-refractivity contribution in [3.05, 3.63) is 168 Å². The average molecular weight is 619 g/mol. The number of allylic oxidation sites excluding steroid dienone is 2. The minimum atomic E-state index is 0.0245. The van der Waals surface area contributed by atoms with Crippen LogP contribution < -0.4 is 0 Å². The molecular weight excluding hydrogens is 565 g/mol. The van der Waals surface area contributed by atoms with Crippen LogP contribution in [0.15, 0.2) is 135 Å². The van der Waals surface area contributed by atoms with Gasteiger partial charge in [0.25, 0.3) is 0 Å². The van der Waals surface area contributed by atoms with Crippen LogP contribution in [0.2, 0.25) is 0 Å². The second-order valence-corrected chi connectivity index (χ2v) is 11.8. The van der Waals surface area contributed by atoms with E-state index in [9.17, 15) is 0 Å². The van der Waals surface area contributed by atoms with E-state index in [4.69, 9.17) is 0 Å². The van der Waals surface area contributed by atoms with E-state index in [-0.39, 0.29) is 5.41 Å². The highest BCUT2D eigenvalue weighted by atomic mass is 14.4. The lowest BCUT2D eigenvalue weighted by Crippen LogP contribution is -2.23. The first-order chi connectivity index (χ1) is 23.1. The Kier molecular flexibility index (Phi) is 12.0. The van der Waals surface area contributed by atoms with Crippen molar-refractivity contribution in [1.29, 1.82) is 0 Å². The molecule has 0 spiro atoms. The van der Waals surface area contributed by atoms with Crippen molar-refractivity contribution >= 4 is 0 Å². The third kappa shape index (κ3) is 6.07. The van der Waals surface area contributed by atoms with Crippen molar-refractivity contribution in [1.82, 2.24) is 0 Å². The molecule has 2 unspecified atom stereocenters. The average Bonchev–Trinajstić information content (AvgIpc) is 3.70. The topological polar surface area (TPSA) is 0 Å². The smallest absolute Gasteiger partial charge is 0.0283 e. The third-order valence-electron chi connectivity index (χ3n) is 9.75. The summed E-state index contributed by atoms with van der Waals surface area (Å²) in [5.74, 6) is 0.999. The first-order valence-electron chi connectivity index (χ1n) is 17.9. The van der Waals surface area contributed by atoms with Gasteiger partial charge < -0.3 is 0 Å². The molecule has 0 saturated heterocycles. The number of hydrogen-bond acceptors (Lipinski definition) is 0. The van der Waals surface area contributed by atoms with Gasteiger partial charge in [-0.05, 0) is 91.7 Å². The fourth-order valence-electron chi connectivity index (χ4n) is 7.82. The van der Waals surface area contributed by atoms with E-state index >= 15 is 0 Å². The van der Waals surface area contributed by atoms with Gasteiger partial charge >= 0.3 is 0 Å². The molecule has 0 aliphatic heterocycles. The molecule has 3 aliphatic rings. The van der Waals surface area contributed by atoms with Gasteiger partial charge in [-0.15, -0.1) is 13.2 Å². The number of rotatable bonds is 4. The van der Waals surface area contributed by atoms with Gasteiger partial charge in [0, 0.05) is 17.3 Å². The normalized spacial score (nSPS) is 15.7. The first-order valence-corrected chi connectivity index (χ1v) is 17.9. The molecule has 242 valence electrons. The van der Waals surface area contributed by atoms with Crippen molar-refractivity contribution in [3.63, 3.8) is 0 Å². The van der Waals surface area contributed by atoms with Crippen LogP contribution in [0.1, 0.15) is 113 Å². The zero-order chi connectivity index (χ0) is 34.1. The summed E-state index contributed by atoms with van der Waals surface area (Å²) in [7, 11) is 0. The molecule has 5 aromatic carbocycles. The van der Waals surface area contributed by atoms with E-state index in [1.807, 2.05) is 53.7 Å². The minimum absolute atomic E-state index is 0.0245. The van der Waals surface area contributed by atoms with Crippen molar-refractivity contribution in [2.75, 3.05) is 0 Å². The van der Waals surface area contributed by atoms with Crippen LogP contribution in [0.5, 0.6) is 0 Å². The molecule has 47 heavy (non-hydrogen) atoms. The molecule has 0 radical (unpaired) electrons. The molecule has 0 heteroatoms. The second kappa shape index (κ2) is 15.9. The van der Waals surface area contributed by atoms with Gasteiger partial charge in [-0.2, -0.15) is 0 Å². The van der Waals surface area contributed by atoms with Gasteiger partial charge in [0.15, 0.2) is 0 Å². The van der Waals surface area contributed by atoms with Gasteiger partial charge in [-0.25, -0.2) is 0 Å². The Morgan fingerprint density at radius 2 is 0.766 bits per heavy atom. The Bertz CT molecular complexity index is 1680. The maximum atomic E-state index is 3.96. The maximum absolute atomic E-state index is 3.96. The Labute approximate surface area is 285 Å². The van der Waals surface area contributed by atoms with Gasteiger partial charge in [0.1, 0.15) is 0 Å². The minimum Gasteiger partial charge on any atom is -0.103 e. The van der Waals surface area contributed by atoms with Gasteiger partial charge in [-0.3, -0.25) is 0 Å². The zero-order valence-electron chi connectivity index (χ0n) is 30.0. The fraction of sp³-hybridized carbons (Fsp3) is 0.277. The number of fused-ring (bicyclic) bond motifs is 9. The van der Waals surface area contributed by atoms with Crippen molar-refractivity contribution < 1.29 is 0 Å². The Hall–Kier alpha value is -4.42. The molecule has 0 saturated carbocycles. The highest BCUT2D eigenvalue weighted by Crippen LogP contribution is 2.53. The summed E-state index contributed by atoms with van der Waals surface area (Å²) in [6.07, 6.45) is 5.96. The van der Waals surface area contributed by atoms with E-state index < -0.39 is 0 Å². The second-order valence-electron chi connectivity index (χ2n) is 11.8. The van der Waals surface area contributed by atoms with Crippen LogP contribution in [0.4, 0.5) is 0 Å². The lowest BCUT2D eigenvalue weighted by Gasteiger charge is -2.30. The van der Waals surface area contributed by atoms with E-state index in [1.54, 1.807) is 0 Å². The Morgan fingerprint density at radius 3 is 1.13 bits per heavy atom. The van der Waals surface area contributed by atoms with Crippen LogP contribution in [-0.4, -0.2) is 0 Å². The molecule has 0 heterocycles. The van der Waals surface area contributed by atoms with Crippen LogP contribution in [0.25, 0.3) is 33.4 Å². The molecule has 3 aliphatic carbocycles. The molecule has 0 amide bonds. The lowest BCUT2D eigenvalue weighted by molar-refractivity contribution is 0.543. The van der Waals surface area contributed by atoms with Crippen LogP contribution >= 0.6 is 0 Å². The molecule has 0 fully saturated rings. The summed E-state index contributed by atoms with van der Waals surface area (Å²) >= 11 is 0. The highest BCUT2D eigenvalue weighted by molar-refractivity contribution is 5.87. The fourth-order valence-corrected chi connectivity index (χ4v) is 7.82. The van der Waals surface area contributed by atoms with E-state index in [0.717, 1.165) is 12.8 Å². The summed E-state index contributed by atoms with van der Waals surface area (Å²) in [6, 6.07) is 40.1. The zero-order valence-corrected chi connectivity index (χ0v) is 30.0. The Balaban J connectivity index is 0.000000186. The van der Waals surface area contributed by atoms with E-state index in [0.29, 0.717) is 11.8 Å². The van der Waals surface area contributed by atoms with E-state index in [1.165, 1.54) is 66.8 Å². The van der Waals surface area contributed by atoms with Crippen molar-refractivity contribution in [2.45, 2.75) is 85.5 Å². The van der Waals surface area contributed by atoms with Crippen LogP contribution in [0.3, 0.4) is 0 Å². The van der Waals surface area contributed by atoms with Crippen molar-refractivity contribution in [3.8, 4) is 33.4 Å². The van der Waals surface area contributed by atoms with E-state index in [2.05, 4.69) is 136 Å². The molecule has 8 rings (SSSR count). The summed E-state index contributed by atoms with van der Waals surface area (Å²) < 4.78 is 0. The summed E-state index contributed by atoms with van der Waals surface area (Å²) in [4.78, 5) is 0. The predicted molar refractivity (Wildman–Crippen MR) is 209 cm³/mol. The maximum Gasteiger partial charge on any atom is 0.0283 e.